The van der Waals surface area contributed by atoms with Crippen LogP contribution in [-0.4, -0.2) is 30.4 Å². The van der Waals surface area contributed by atoms with Crippen LogP contribution >= 0.6 is 0 Å². The first-order valence-electron chi connectivity index (χ1n) is 12.1. The van der Waals surface area contributed by atoms with Crippen molar-refractivity contribution in [2.24, 2.45) is 0 Å². The highest BCUT2D eigenvalue weighted by Crippen LogP contribution is 2.49. The normalized spacial score (nSPS) is 13.6. The third-order valence-electron chi connectivity index (χ3n) is 6.44. The molecule has 4 aromatic rings. The number of nitrogens with one attached hydrogen (secondary N) is 2. The fourth-order valence-electron chi connectivity index (χ4n) is 4.50. The first-order valence-corrected chi connectivity index (χ1v) is 12.1. The summed E-state index contributed by atoms with van der Waals surface area (Å²) in [5, 5.41) is 15.8. The molecule has 0 aliphatic heterocycles. The van der Waals surface area contributed by atoms with E-state index in [1.807, 2.05) is 6.07 Å². The molecule has 0 spiro atoms. The van der Waals surface area contributed by atoms with Crippen molar-refractivity contribution in [2.45, 2.75) is 18.7 Å². The number of anilines is 2. The number of nitrogens with zero attached hydrogens (tertiary/aromatic N) is 2. The minimum Gasteiger partial charge on any atom is -0.394 e. The standard InChI is InChI=1S/C30H28F4N4O/c1-20-17-24(10-15-28(20)38(36-3)26-13-11-25(31)12-14-26)29(39,30(32,33)34)27(19-35-2)22-8-6-21(7-9-22)23-5-4-16-37-18-23/h4-19,35-36,39H,1-3H3/b27-19+. The van der Waals surface area contributed by atoms with E-state index in [2.05, 4.69) is 15.7 Å². The van der Waals surface area contributed by atoms with Crippen molar-refractivity contribution in [3.8, 4) is 11.1 Å². The molecule has 1 aromatic heterocycles. The maximum absolute atomic E-state index is 14.8. The van der Waals surface area contributed by atoms with Crippen molar-refractivity contribution in [3.63, 3.8) is 0 Å². The smallest absolute Gasteiger partial charge is 0.394 e. The number of aryl methyl sites for hydroxylation is 1. The van der Waals surface area contributed by atoms with E-state index >= 15 is 0 Å². The molecule has 5 nitrogen and oxygen atoms in total. The Morgan fingerprint density at radius 1 is 0.923 bits per heavy atom. The van der Waals surface area contributed by atoms with E-state index in [1.165, 1.54) is 37.4 Å². The number of rotatable bonds is 8. The summed E-state index contributed by atoms with van der Waals surface area (Å²) in [5.74, 6) is -0.408. The van der Waals surface area contributed by atoms with E-state index in [0.29, 0.717) is 16.9 Å². The quantitative estimate of drug-likeness (QED) is 0.178. The van der Waals surface area contributed by atoms with Gasteiger partial charge in [-0.1, -0.05) is 42.5 Å². The summed E-state index contributed by atoms with van der Waals surface area (Å²) in [6, 6.07) is 19.8. The van der Waals surface area contributed by atoms with Crippen molar-refractivity contribution < 1.29 is 22.7 Å². The first kappa shape index (κ1) is 27.8. The molecule has 0 aliphatic rings. The molecule has 1 heterocycles. The Balaban J connectivity index is 1.79. The van der Waals surface area contributed by atoms with Crippen LogP contribution in [0, 0.1) is 12.7 Å². The zero-order valence-corrected chi connectivity index (χ0v) is 21.6. The number of alkyl halides is 3. The zero-order valence-electron chi connectivity index (χ0n) is 21.6. The minimum absolute atomic E-state index is 0.196. The topological polar surface area (TPSA) is 60.4 Å². The SMILES string of the molecule is CN/C=C(\c1ccc(-c2cccnc2)cc1)C(O)(c1ccc(N(NC)c2ccc(F)cc2)c(C)c1)C(F)(F)F. The van der Waals surface area contributed by atoms with Crippen LogP contribution in [0.2, 0.25) is 0 Å². The molecule has 3 aromatic carbocycles. The minimum atomic E-state index is -5.05. The van der Waals surface area contributed by atoms with Crippen LogP contribution in [0.5, 0.6) is 0 Å². The molecule has 1 unspecified atom stereocenters. The molecule has 0 aliphatic carbocycles. The lowest BCUT2D eigenvalue weighted by Gasteiger charge is -2.35. The second-order valence-corrected chi connectivity index (χ2v) is 8.91. The van der Waals surface area contributed by atoms with E-state index in [9.17, 15) is 22.7 Å². The van der Waals surface area contributed by atoms with Gasteiger partial charge in [0.05, 0.1) is 11.4 Å². The van der Waals surface area contributed by atoms with Gasteiger partial charge in [-0.15, -0.1) is 0 Å². The molecule has 1 atom stereocenters. The van der Waals surface area contributed by atoms with Gasteiger partial charge in [0.1, 0.15) is 5.82 Å². The third-order valence-corrected chi connectivity index (χ3v) is 6.44. The molecular formula is C30H28F4N4O. The summed E-state index contributed by atoms with van der Waals surface area (Å²) in [7, 11) is 3.12. The van der Waals surface area contributed by atoms with Gasteiger partial charge < -0.3 is 10.4 Å². The number of hydrogen-bond acceptors (Lipinski definition) is 5. The van der Waals surface area contributed by atoms with E-state index in [4.69, 9.17) is 0 Å². The second-order valence-electron chi connectivity index (χ2n) is 8.91. The molecule has 4 rings (SSSR count). The molecule has 0 bridgehead atoms. The number of halogens is 4. The van der Waals surface area contributed by atoms with Gasteiger partial charge >= 0.3 is 6.18 Å². The Kier molecular flexibility index (Phi) is 8.03. The Morgan fingerprint density at radius 3 is 2.15 bits per heavy atom. The number of hydrogen-bond donors (Lipinski definition) is 3. The van der Waals surface area contributed by atoms with E-state index in [0.717, 1.165) is 17.3 Å². The highest BCUT2D eigenvalue weighted by molar-refractivity contribution is 5.77. The van der Waals surface area contributed by atoms with Crippen molar-refractivity contribution in [1.29, 1.82) is 0 Å². The summed E-state index contributed by atoms with van der Waals surface area (Å²) in [6.07, 6.45) is -0.590. The predicted molar refractivity (Wildman–Crippen MR) is 145 cm³/mol. The molecule has 3 N–H and O–H groups in total. The highest BCUT2D eigenvalue weighted by Gasteiger charge is 2.58. The van der Waals surface area contributed by atoms with Crippen molar-refractivity contribution in [1.82, 2.24) is 15.7 Å². The van der Waals surface area contributed by atoms with Crippen LogP contribution in [0.25, 0.3) is 16.7 Å². The fourth-order valence-corrected chi connectivity index (χ4v) is 4.50. The Labute approximate surface area is 224 Å². The van der Waals surface area contributed by atoms with Gasteiger partial charge in [0.15, 0.2) is 0 Å². The number of aliphatic hydroxyl groups is 1. The van der Waals surface area contributed by atoms with E-state index in [1.54, 1.807) is 73.8 Å². The maximum Gasteiger partial charge on any atom is 0.425 e. The van der Waals surface area contributed by atoms with Crippen LogP contribution in [0.4, 0.5) is 28.9 Å². The van der Waals surface area contributed by atoms with Gasteiger partial charge in [-0.3, -0.25) is 9.99 Å². The molecule has 9 heteroatoms. The van der Waals surface area contributed by atoms with Crippen LogP contribution in [0.1, 0.15) is 16.7 Å². The summed E-state index contributed by atoms with van der Waals surface area (Å²) in [5.41, 5.74) is 2.33. The lowest BCUT2D eigenvalue weighted by molar-refractivity contribution is -0.240. The Hall–Kier alpha value is -4.21. The van der Waals surface area contributed by atoms with Gasteiger partial charge in [0.25, 0.3) is 0 Å². The average Bonchev–Trinajstić information content (AvgIpc) is 2.93. The highest BCUT2D eigenvalue weighted by atomic mass is 19.4. The van der Waals surface area contributed by atoms with Gasteiger partial charge in [0.2, 0.25) is 5.60 Å². The monoisotopic (exact) mass is 536 g/mol. The summed E-state index contributed by atoms with van der Waals surface area (Å²) >= 11 is 0. The van der Waals surface area contributed by atoms with E-state index in [-0.39, 0.29) is 16.7 Å². The van der Waals surface area contributed by atoms with Crippen molar-refractivity contribution >= 4 is 16.9 Å². The van der Waals surface area contributed by atoms with Crippen LogP contribution < -0.4 is 15.8 Å². The average molecular weight is 537 g/mol. The lowest BCUT2D eigenvalue weighted by Crippen LogP contribution is -2.44. The van der Waals surface area contributed by atoms with Crippen LogP contribution in [-0.2, 0) is 5.60 Å². The molecule has 0 saturated heterocycles. The second kappa shape index (κ2) is 11.3. The summed E-state index contributed by atoms with van der Waals surface area (Å²) < 4.78 is 57.7. The largest absolute Gasteiger partial charge is 0.425 e. The molecule has 39 heavy (non-hydrogen) atoms. The van der Waals surface area contributed by atoms with Gasteiger partial charge in [-0.05, 0) is 71.1 Å². The molecule has 0 amide bonds. The summed E-state index contributed by atoms with van der Waals surface area (Å²) in [4.78, 5) is 4.08. The van der Waals surface area contributed by atoms with Crippen LogP contribution in [0.3, 0.4) is 0 Å². The summed E-state index contributed by atoms with van der Waals surface area (Å²) in [6.45, 7) is 1.65. The van der Waals surface area contributed by atoms with Gasteiger partial charge in [-0.25, -0.2) is 9.82 Å². The van der Waals surface area contributed by atoms with E-state index < -0.39 is 17.6 Å². The molecule has 0 saturated carbocycles. The fraction of sp³-hybridized carbons (Fsp3) is 0.167. The van der Waals surface area contributed by atoms with Crippen LogP contribution in [0.15, 0.2) is 97.5 Å². The van der Waals surface area contributed by atoms with Gasteiger partial charge in [0, 0.05) is 38.3 Å². The molecule has 0 fully saturated rings. The molecule has 0 radical (unpaired) electrons. The molecule has 202 valence electrons. The maximum atomic E-state index is 14.8. The predicted octanol–water partition coefficient (Wildman–Crippen LogP) is 6.48. The Morgan fingerprint density at radius 2 is 1.62 bits per heavy atom. The lowest BCUT2D eigenvalue weighted by atomic mass is 9.81. The van der Waals surface area contributed by atoms with Crippen molar-refractivity contribution in [3.05, 3.63) is 120 Å². The first-order chi connectivity index (χ1) is 18.6. The zero-order chi connectivity index (χ0) is 28.2. The number of pyridine rings is 1. The number of benzene rings is 3. The van der Waals surface area contributed by atoms with Crippen molar-refractivity contribution in [2.75, 3.05) is 19.1 Å². The third kappa shape index (κ3) is 5.50. The number of hydrazine groups is 1. The Bertz CT molecular complexity index is 1440. The number of aromatic nitrogens is 1. The van der Waals surface area contributed by atoms with Gasteiger partial charge in [-0.2, -0.15) is 13.2 Å². The molecular weight excluding hydrogens is 508 g/mol.